The van der Waals surface area contributed by atoms with Crippen LogP contribution in [0.15, 0.2) is 63.9 Å². The SMILES string of the molecule is N=c1c(C(=O)Nc2nnc(SCc3ccccc3F)s2)cc2c(=O)n3ccccc3nc2n1CCO. The van der Waals surface area contributed by atoms with Gasteiger partial charge in [-0.1, -0.05) is 47.4 Å². The molecule has 13 heteroatoms. The average Bonchev–Trinajstić information content (AvgIpc) is 3.32. The molecule has 5 aromatic rings. The summed E-state index contributed by atoms with van der Waals surface area (Å²) in [6.07, 6.45) is 1.57. The smallest absolute Gasteiger partial charge is 0.267 e. The van der Waals surface area contributed by atoms with Crippen LogP contribution in [0.5, 0.6) is 0 Å². The highest BCUT2D eigenvalue weighted by atomic mass is 32.2. The molecule has 4 aromatic heterocycles. The number of pyridine rings is 2. The van der Waals surface area contributed by atoms with E-state index in [1.807, 2.05) is 0 Å². The quantitative estimate of drug-likeness (QED) is 0.169. The van der Waals surface area contributed by atoms with Gasteiger partial charge in [0.05, 0.1) is 17.6 Å². The lowest BCUT2D eigenvalue weighted by Crippen LogP contribution is -2.32. The summed E-state index contributed by atoms with van der Waals surface area (Å²) in [6, 6.07) is 12.8. The Hall–Kier alpha value is -3.94. The van der Waals surface area contributed by atoms with Gasteiger partial charge in [-0.2, -0.15) is 0 Å². The lowest BCUT2D eigenvalue weighted by molar-refractivity contribution is 0.102. The van der Waals surface area contributed by atoms with E-state index in [0.29, 0.717) is 21.3 Å². The summed E-state index contributed by atoms with van der Waals surface area (Å²) in [5, 5.41) is 29.0. The van der Waals surface area contributed by atoms with Gasteiger partial charge in [-0.15, -0.1) is 10.2 Å². The van der Waals surface area contributed by atoms with Crippen LogP contribution in [0.2, 0.25) is 0 Å². The number of aliphatic hydroxyl groups is 1. The van der Waals surface area contributed by atoms with Crippen molar-refractivity contribution in [1.82, 2.24) is 24.1 Å². The highest BCUT2D eigenvalue weighted by molar-refractivity contribution is 8.00. The molecular formula is C23H18FN7O3S2. The molecule has 1 aromatic carbocycles. The number of rotatable bonds is 7. The van der Waals surface area contributed by atoms with Crippen LogP contribution in [0.3, 0.4) is 0 Å². The normalized spacial score (nSPS) is 11.3. The van der Waals surface area contributed by atoms with Crippen LogP contribution in [-0.4, -0.2) is 41.8 Å². The van der Waals surface area contributed by atoms with Crippen LogP contribution >= 0.6 is 23.1 Å². The topological polar surface area (TPSA) is 138 Å². The first kappa shape index (κ1) is 23.8. The first-order valence-corrected chi connectivity index (χ1v) is 12.5. The number of nitrogens with zero attached hydrogens (tertiary/aromatic N) is 5. The van der Waals surface area contributed by atoms with Crippen molar-refractivity contribution in [2.24, 2.45) is 0 Å². The number of carbonyl (C=O) groups is 1. The summed E-state index contributed by atoms with van der Waals surface area (Å²) < 4.78 is 17.0. The Morgan fingerprint density at radius 1 is 1.19 bits per heavy atom. The van der Waals surface area contributed by atoms with Crippen LogP contribution in [-0.2, 0) is 12.3 Å². The van der Waals surface area contributed by atoms with Crippen molar-refractivity contribution in [2.45, 2.75) is 16.6 Å². The van der Waals surface area contributed by atoms with E-state index >= 15 is 0 Å². The Labute approximate surface area is 210 Å². The number of anilines is 1. The Morgan fingerprint density at radius 2 is 2.00 bits per heavy atom. The van der Waals surface area contributed by atoms with Crippen molar-refractivity contribution < 1.29 is 14.3 Å². The highest BCUT2D eigenvalue weighted by Crippen LogP contribution is 2.29. The summed E-state index contributed by atoms with van der Waals surface area (Å²) >= 11 is 2.39. The number of carbonyl (C=O) groups excluding carboxylic acids is 1. The summed E-state index contributed by atoms with van der Waals surface area (Å²) in [5.41, 5.74) is 0.414. The Bertz CT molecular complexity index is 1730. The molecule has 0 aliphatic heterocycles. The van der Waals surface area contributed by atoms with Gasteiger partial charge < -0.3 is 9.67 Å². The third kappa shape index (κ3) is 4.51. The number of fused-ring (bicyclic) bond motifs is 2. The lowest BCUT2D eigenvalue weighted by Gasteiger charge is -2.13. The summed E-state index contributed by atoms with van der Waals surface area (Å²) in [7, 11) is 0. The molecule has 1 amide bonds. The molecule has 0 saturated heterocycles. The number of benzene rings is 1. The van der Waals surface area contributed by atoms with E-state index < -0.39 is 11.5 Å². The van der Waals surface area contributed by atoms with Crippen LogP contribution < -0.4 is 16.4 Å². The van der Waals surface area contributed by atoms with Gasteiger partial charge >= 0.3 is 0 Å². The molecule has 5 rings (SSSR count). The minimum atomic E-state index is -0.659. The minimum Gasteiger partial charge on any atom is -0.395 e. The van der Waals surface area contributed by atoms with Gasteiger partial charge in [-0.25, -0.2) is 9.37 Å². The number of hydrogen-bond acceptors (Lipinski definition) is 9. The fourth-order valence-corrected chi connectivity index (χ4v) is 5.35. The van der Waals surface area contributed by atoms with E-state index in [1.54, 1.807) is 42.6 Å². The Morgan fingerprint density at radius 3 is 2.81 bits per heavy atom. The predicted molar refractivity (Wildman–Crippen MR) is 134 cm³/mol. The second-order valence-electron chi connectivity index (χ2n) is 7.57. The van der Waals surface area contributed by atoms with E-state index in [4.69, 9.17) is 5.41 Å². The van der Waals surface area contributed by atoms with Gasteiger partial charge in [0.2, 0.25) is 5.13 Å². The Kier molecular flexibility index (Phi) is 6.59. The fourth-order valence-electron chi connectivity index (χ4n) is 3.62. The monoisotopic (exact) mass is 523 g/mol. The molecule has 0 saturated carbocycles. The molecule has 3 N–H and O–H groups in total. The molecule has 0 unspecified atom stereocenters. The standard InChI is InChI=1S/C23H18FN7O3S2/c24-16-6-2-1-5-13(16)12-35-23-29-28-22(36-23)27-20(33)14-11-15-19(31(9-10-32)18(14)25)26-17-7-3-4-8-30(17)21(15)34/h1-8,11,25,32H,9-10,12H2,(H,27,28,33). The van der Waals surface area contributed by atoms with Crippen molar-refractivity contribution >= 4 is 50.8 Å². The third-order valence-corrected chi connectivity index (χ3v) is 7.34. The molecular weight excluding hydrogens is 505 g/mol. The average molecular weight is 524 g/mol. The molecule has 0 aliphatic carbocycles. The first-order chi connectivity index (χ1) is 17.5. The van der Waals surface area contributed by atoms with Crippen molar-refractivity contribution in [3.63, 3.8) is 0 Å². The minimum absolute atomic E-state index is 0.0262. The van der Waals surface area contributed by atoms with E-state index in [2.05, 4.69) is 20.5 Å². The van der Waals surface area contributed by atoms with Crippen molar-refractivity contribution in [1.29, 1.82) is 5.41 Å². The number of thioether (sulfide) groups is 1. The molecule has 0 atom stereocenters. The largest absolute Gasteiger partial charge is 0.395 e. The van der Waals surface area contributed by atoms with Crippen molar-refractivity contribution in [2.75, 3.05) is 11.9 Å². The number of aromatic nitrogens is 5. The molecule has 0 aliphatic rings. The molecule has 182 valence electrons. The predicted octanol–water partition coefficient (Wildman–Crippen LogP) is 2.66. The van der Waals surface area contributed by atoms with Gasteiger partial charge in [-0.3, -0.25) is 24.7 Å². The zero-order chi connectivity index (χ0) is 25.2. The number of nitrogens with one attached hydrogen (secondary N) is 2. The zero-order valence-electron chi connectivity index (χ0n) is 18.5. The van der Waals surface area contributed by atoms with Crippen LogP contribution in [0.25, 0.3) is 16.7 Å². The molecule has 10 nitrogen and oxygen atoms in total. The molecule has 0 bridgehead atoms. The fraction of sp³-hybridized carbons (Fsp3) is 0.130. The van der Waals surface area contributed by atoms with E-state index in [0.717, 1.165) is 11.3 Å². The first-order valence-electron chi connectivity index (χ1n) is 10.7. The summed E-state index contributed by atoms with van der Waals surface area (Å²) in [4.78, 5) is 30.7. The van der Waals surface area contributed by atoms with E-state index in [1.165, 1.54) is 32.9 Å². The van der Waals surface area contributed by atoms with Crippen LogP contribution in [0, 0.1) is 11.2 Å². The zero-order valence-corrected chi connectivity index (χ0v) is 20.1. The summed E-state index contributed by atoms with van der Waals surface area (Å²) in [6.45, 7) is -0.340. The van der Waals surface area contributed by atoms with E-state index in [9.17, 15) is 19.1 Å². The van der Waals surface area contributed by atoms with Crippen molar-refractivity contribution in [3.05, 3.63) is 87.5 Å². The number of aliphatic hydroxyl groups excluding tert-OH is 1. The maximum atomic E-state index is 13.8. The number of amides is 1. The maximum absolute atomic E-state index is 13.8. The van der Waals surface area contributed by atoms with Crippen LogP contribution in [0.1, 0.15) is 15.9 Å². The van der Waals surface area contributed by atoms with Gasteiger partial charge in [0, 0.05) is 18.5 Å². The second kappa shape index (κ2) is 9.97. The maximum Gasteiger partial charge on any atom is 0.267 e. The third-order valence-electron chi connectivity index (χ3n) is 5.32. The number of halogens is 1. The second-order valence-corrected chi connectivity index (χ2v) is 9.77. The van der Waals surface area contributed by atoms with Gasteiger partial charge in [0.1, 0.15) is 22.6 Å². The van der Waals surface area contributed by atoms with Crippen LogP contribution in [0.4, 0.5) is 9.52 Å². The molecule has 0 radical (unpaired) electrons. The van der Waals surface area contributed by atoms with Gasteiger partial charge in [-0.05, 0) is 29.8 Å². The highest BCUT2D eigenvalue weighted by Gasteiger charge is 2.19. The van der Waals surface area contributed by atoms with E-state index in [-0.39, 0.29) is 46.2 Å². The molecule has 0 spiro atoms. The molecule has 0 fully saturated rings. The van der Waals surface area contributed by atoms with Crippen molar-refractivity contribution in [3.8, 4) is 0 Å². The number of hydrogen-bond donors (Lipinski definition) is 3. The summed E-state index contributed by atoms with van der Waals surface area (Å²) in [5.74, 6) is -0.618. The lowest BCUT2D eigenvalue weighted by atomic mass is 10.2. The van der Waals surface area contributed by atoms with Gasteiger partial charge in [0.15, 0.2) is 4.34 Å². The Balaban J connectivity index is 1.45. The van der Waals surface area contributed by atoms with Gasteiger partial charge in [0.25, 0.3) is 11.5 Å². The molecule has 4 heterocycles. The molecule has 36 heavy (non-hydrogen) atoms.